The lowest BCUT2D eigenvalue weighted by Crippen LogP contribution is -2.37. The van der Waals surface area contributed by atoms with Gasteiger partial charge in [0.2, 0.25) is 0 Å². The predicted octanol–water partition coefficient (Wildman–Crippen LogP) is 1.17. The number of hydrogen-bond donors (Lipinski definition) is 2. The number of fused-ring (bicyclic) bond motifs is 2. The first-order valence-electron chi connectivity index (χ1n) is 10.4. The fourth-order valence-corrected chi connectivity index (χ4v) is 5.00. The number of imidazole rings is 1. The van der Waals surface area contributed by atoms with Crippen molar-refractivity contribution < 1.29 is 31.6 Å². The molecule has 186 valence electrons. The van der Waals surface area contributed by atoms with E-state index in [9.17, 15) is 13.2 Å². The van der Waals surface area contributed by atoms with Gasteiger partial charge in [-0.3, -0.25) is 13.5 Å². The van der Waals surface area contributed by atoms with Crippen LogP contribution in [0, 0.1) is 0 Å². The van der Waals surface area contributed by atoms with E-state index in [2.05, 4.69) is 15.0 Å². The second kappa shape index (κ2) is 8.65. The summed E-state index contributed by atoms with van der Waals surface area (Å²) in [5.41, 5.74) is 6.66. The lowest BCUT2D eigenvalue weighted by Gasteiger charge is -2.24. The maximum atomic E-state index is 12.5. The number of amides is 1. The van der Waals surface area contributed by atoms with Crippen molar-refractivity contribution >= 4 is 44.8 Å². The van der Waals surface area contributed by atoms with E-state index in [1.165, 1.54) is 24.8 Å². The lowest BCUT2D eigenvalue weighted by atomic mass is 10.1. The number of aromatic nitrogens is 4. The van der Waals surface area contributed by atoms with Crippen LogP contribution in [0.1, 0.15) is 30.4 Å². The minimum atomic E-state index is -4.49. The molecule has 0 saturated carbocycles. The minimum absolute atomic E-state index is 0.0129. The van der Waals surface area contributed by atoms with E-state index in [4.69, 9.17) is 35.7 Å². The van der Waals surface area contributed by atoms with Gasteiger partial charge in [0.25, 0.3) is 5.91 Å². The van der Waals surface area contributed by atoms with Crippen molar-refractivity contribution in [2.45, 2.75) is 44.2 Å². The molecule has 0 spiro atoms. The molecular formula is C20H21ClN6O7S. The summed E-state index contributed by atoms with van der Waals surface area (Å²) in [6.07, 6.45) is -0.164. The standard InChI is InChI=1S/C20H21ClN6O7S/c1-20(2)33-14-12(7-31-35(29,30)26-18(28)10-5-3-4-6-11(10)21)32-19(15(14)34-20)27-9-25-13-16(22)23-8-24-17(13)27/h3-6,8-9,12,14-15,19H,7H2,1-2H3,(H,26,28)(H2,22,23,24)/t12-,14-,15-,19-/m1/s1. The molecule has 0 bridgehead atoms. The van der Waals surface area contributed by atoms with Crippen molar-refractivity contribution in [3.05, 3.63) is 47.5 Å². The molecule has 1 aromatic carbocycles. The molecular weight excluding hydrogens is 504 g/mol. The normalized spacial score (nSPS) is 25.6. The number of nitrogens with two attached hydrogens (primary N) is 1. The van der Waals surface area contributed by atoms with Gasteiger partial charge >= 0.3 is 10.3 Å². The zero-order valence-electron chi connectivity index (χ0n) is 18.5. The van der Waals surface area contributed by atoms with Gasteiger partial charge in [-0.25, -0.2) is 19.7 Å². The number of nitrogen functional groups attached to an aromatic ring is 1. The molecule has 35 heavy (non-hydrogen) atoms. The van der Waals surface area contributed by atoms with Crippen LogP contribution in [0.3, 0.4) is 0 Å². The minimum Gasteiger partial charge on any atom is -0.382 e. The molecule has 2 saturated heterocycles. The molecule has 2 aliphatic rings. The Morgan fingerprint density at radius 3 is 2.74 bits per heavy atom. The molecule has 4 heterocycles. The highest BCUT2D eigenvalue weighted by Gasteiger charge is 2.56. The summed E-state index contributed by atoms with van der Waals surface area (Å²) in [7, 11) is -4.49. The van der Waals surface area contributed by atoms with E-state index in [1.807, 2.05) is 4.72 Å². The Morgan fingerprint density at radius 1 is 1.23 bits per heavy atom. The van der Waals surface area contributed by atoms with Crippen molar-refractivity contribution in [2.24, 2.45) is 0 Å². The first-order chi connectivity index (χ1) is 16.5. The first-order valence-corrected chi connectivity index (χ1v) is 12.2. The summed E-state index contributed by atoms with van der Waals surface area (Å²) in [5, 5.41) is 0.0979. The van der Waals surface area contributed by atoms with Crippen molar-refractivity contribution in [1.29, 1.82) is 0 Å². The zero-order chi connectivity index (χ0) is 25.0. The van der Waals surface area contributed by atoms with Crippen LogP contribution in [0.5, 0.6) is 0 Å². The lowest BCUT2D eigenvalue weighted by molar-refractivity contribution is -0.198. The Bertz CT molecular complexity index is 1400. The molecule has 1 amide bonds. The quantitative estimate of drug-likeness (QED) is 0.474. The molecule has 15 heteroatoms. The molecule has 13 nitrogen and oxygen atoms in total. The molecule has 3 N–H and O–H groups in total. The molecule has 2 fully saturated rings. The molecule has 0 aliphatic carbocycles. The summed E-state index contributed by atoms with van der Waals surface area (Å²) in [4.78, 5) is 24.7. The largest absolute Gasteiger partial charge is 0.382 e. The Morgan fingerprint density at radius 2 is 1.97 bits per heavy atom. The Kier molecular flexibility index (Phi) is 5.89. The fraction of sp³-hybridized carbons (Fsp3) is 0.400. The van der Waals surface area contributed by atoms with Crippen LogP contribution >= 0.6 is 11.6 Å². The van der Waals surface area contributed by atoms with E-state index in [-0.39, 0.29) is 16.4 Å². The van der Waals surface area contributed by atoms with Crippen molar-refractivity contribution in [2.75, 3.05) is 12.3 Å². The van der Waals surface area contributed by atoms with Gasteiger partial charge in [-0.1, -0.05) is 23.7 Å². The number of ether oxygens (including phenoxy) is 3. The van der Waals surface area contributed by atoms with E-state index >= 15 is 0 Å². The number of nitrogens with one attached hydrogen (secondary N) is 1. The van der Waals surface area contributed by atoms with Crippen molar-refractivity contribution in [3.63, 3.8) is 0 Å². The first kappa shape index (κ1) is 23.8. The van der Waals surface area contributed by atoms with Crippen LogP contribution < -0.4 is 10.5 Å². The molecule has 2 aliphatic heterocycles. The summed E-state index contributed by atoms with van der Waals surface area (Å²) >= 11 is 5.96. The van der Waals surface area contributed by atoms with Gasteiger partial charge in [-0.15, -0.1) is 0 Å². The number of carbonyl (C=O) groups excluding carboxylic acids is 1. The van der Waals surface area contributed by atoms with E-state index in [0.29, 0.717) is 11.2 Å². The van der Waals surface area contributed by atoms with Crippen LogP contribution in [0.2, 0.25) is 5.02 Å². The van der Waals surface area contributed by atoms with Gasteiger partial charge < -0.3 is 19.9 Å². The van der Waals surface area contributed by atoms with Gasteiger partial charge in [0.15, 0.2) is 23.5 Å². The summed E-state index contributed by atoms with van der Waals surface area (Å²) in [5.74, 6) is -1.69. The zero-order valence-corrected chi connectivity index (χ0v) is 20.1. The Hall–Kier alpha value is -2.88. The van der Waals surface area contributed by atoms with Crippen LogP contribution in [0.15, 0.2) is 36.9 Å². The number of rotatable bonds is 6. The van der Waals surface area contributed by atoms with Gasteiger partial charge in [0.05, 0.1) is 23.5 Å². The van der Waals surface area contributed by atoms with Gasteiger partial charge in [-0.05, 0) is 26.0 Å². The topological polar surface area (TPSA) is 170 Å². The maximum absolute atomic E-state index is 12.5. The molecule has 0 radical (unpaired) electrons. The smallest absolute Gasteiger partial charge is 0.362 e. The molecule has 5 rings (SSSR count). The third-order valence-electron chi connectivity index (χ3n) is 5.51. The number of nitrogens with zero attached hydrogens (tertiary/aromatic N) is 4. The van der Waals surface area contributed by atoms with Gasteiger partial charge in [-0.2, -0.15) is 8.42 Å². The van der Waals surface area contributed by atoms with Crippen LogP contribution in [0.25, 0.3) is 11.2 Å². The number of carbonyl (C=O) groups is 1. The predicted molar refractivity (Wildman–Crippen MR) is 121 cm³/mol. The second-order valence-electron chi connectivity index (χ2n) is 8.36. The SMILES string of the molecule is CC1(C)O[C@@H]2[C@H](O1)[C@@H](COS(=O)(=O)NC(=O)c1ccccc1Cl)O[C@H]2n1cnc2c(N)ncnc21. The third-order valence-corrected chi connectivity index (χ3v) is 6.72. The highest BCUT2D eigenvalue weighted by atomic mass is 35.5. The van der Waals surface area contributed by atoms with Crippen LogP contribution in [-0.2, 0) is 28.7 Å². The maximum Gasteiger partial charge on any atom is 0.362 e. The number of halogens is 1. The van der Waals surface area contributed by atoms with Crippen LogP contribution in [0.4, 0.5) is 5.82 Å². The molecule has 0 unspecified atom stereocenters. The Labute approximate surface area is 204 Å². The van der Waals surface area contributed by atoms with E-state index in [0.717, 1.165) is 0 Å². The molecule has 4 atom stereocenters. The second-order valence-corrected chi connectivity index (χ2v) is 10.1. The highest BCUT2D eigenvalue weighted by molar-refractivity contribution is 7.85. The fourth-order valence-electron chi connectivity index (χ4n) is 4.07. The summed E-state index contributed by atoms with van der Waals surface area (Å²) in [6, 6.07) is 6.02. The number of hydrogen-bond acceptors (Lipinski definition) is 11. The third kappa shape index (κ3) is 4.55. The number of anilines is 1. The van der Waals surface area contributed by atoms with Gasteiger partial charge in [0.1, 0.15) is 30.2 Å². The highest BCUT2D eigenvalue weighted by Crippen LogP contribution is 2.44. The summed E-state index contributed by atoms with van der Waals surface area (Å²) < 4.78 is 51.5. The summed E-state index contributed by atoms with van der Waals surface area (Å²) in [6.45, 7) is 3.01. The van der Waals surface area contributed by atoms with E-state index < -0.39 is 53.1 Å². The van der Waals surface area contributed by atoms with Crippen LogP contribution in [-0.4, -0.2) is 64.5 Å². The molecule has 3 aromatic rings. The van der Waals surface area contributed by atoms with E-state index in [1.54, 1.807) is 30.5 Å². The average molecular weight is 525 g/mol. The Balaban J connectivity index is 1.34. The van der Waals surface area contributed by atoms with Crippen molar-refractivity contribution in [1.82, 2.24) is 24.2 Å². The van der Waals surface area contributed by atoms with Gasteiger partial charge in [0, 0.05) is 0 Å². The number of benzene rings is 1. The average Bonchev–Trinajstić information content (AvgIpc) is 3.44. The molecule has 2 aromatic heterocycles. The monoisotopic (exact) mass is 524 g/mol. The van der Waals surface area contributed by atoms with Crippen molar-refractivity contribution in [3.8, 4) is 0 Å².